The molecule has 0 N–H and O–H groups in total. The van der Waals surface area contributed by atoms with E-state index in [9.17, 15) is 26.3 Å². The van der Waals surface area contributed by atoms with E-state index in [2.05, 4.69) is 31.9 Å². The van der Waals surface area contributed by atoms with Gasteiger partial charge in [-0.3, -0.25) is 0 Å². The minimum Gasteiger partial charge on any atom is -0.203 e. The smallest absolute Gasteiger partial charge is 0.203 e. The molecule has 0 bridgehead atoms. The highest BCUT2D eigenvalue weighted by Gasteiger charge is 2.62. The Balaban J connectivity index is 2.44. The fraction of sp³-hybridized carbons (Fsp3) is 0.125. The molecule has 0 heterocycles. The van der Waals surface area contributed by atoms with Crippen LogP contribution in [0.1, 0.15) is 0 Å². The monoisotopic (exact) mass is 536 g/mol. The number of benzene rings is 2. The first-order valence-corrected chi connectivity index (χ1v) is 9.94. The lowest BCUT2D eigenvalue weighted by molar-refractivity contribution is -0.270. The van der Waals surface area contributed by atoms with Gasteiger partial charge in [0.25, 0.3) is 0 Å². The molecule has 0 fully saturated rings. The van der Waals surface area contributed by atoms with Gasteiger partial charge in [0, 0.05) is 18.7 Å². The molecule has 0 saturated heterocycles. The third-order valence-electron chi connectivity index (χ3n) is 2.86. The second kappa shape index (κ2) is 8.62. The summed E-state index contributed by atoms with van der Waals surface area (Å²) in [6.45, 7) is 0. The molecule has 0 saturated carbocycles. The highest BCUT2D eigenvalue weighted by molar-refractivity contribution is 9.10. The lowest BCUT2D eigenvalue weighted by Gasteiger charge is -2.20. The van der Waals surface area contributed by atoms with E-state index in [1.807, 2.05) is 0 Å². The van der Waals surface area contributed by atoms with Crippen molar-refractivity contribution in [3.63, 3.8) is 0 Å². The van der Waals surface area contributed by atoms with E-state index in [1.54, 1.807) is 24.3 Å². The third-order valence-corrected chi connectivity index (χ3v) is 6.16. The molecule has 2 aromatic carbocycles. The molecule has 140 valence electrons. The van der Waals surface area contributed by atoms with Gasteiger partial charge in [0.2, 0.25) is 0 Å². The summed E-state index contributed by atoms with van der Waals surface area (Å²) in [5, 5.41) is 0. The molecule has 0 spiro atoms. The van der Waals surface area contributed by atoms with Crippen molar-refractivity contribution in [3.8, 4) is 0 Å². The molecule has 0 amide bonds. The van der Waals surface area contributed by atoms with Gasteiger partial charge in [-0.15, -0.1) is 0 Å². The van der Waals surface area contributed by atoms with Crippen molar-refractivity contribution in [2.24, 2.45) is 0 Å². The van der Waals surface area contributed by atoms with Crippen molar-refractivity contribution in [3.05, 3.63) is 67.5 Å². The van der Waals surface area contributed by atoms with Gasteiger partial charge in [0.05, 0.1) is 4.24 Å². The van der Waals surface area contributed by atoms with E-state index in [1.165, 1.54) is 24.3 Å². The molecule has 2 aromatic rings. The first-order chi connectivity index (χ1) is 12.0. The first kappa shape index (κ1) is 21.7. The molecule has 10 heteroatoms. The average Bonchev–Trinajstić information content (AvgIpc) is 2.56. The summed E-state index contributed by atoms with van der Waals surface area (Å²) in [5.74, 6) is -8.10. The number of alkyl halides is 5. The molecule has 0 aliphatic rings. The molecular weight excluding hydrogens is 530 g/mol. The van der Waals surface area contributed by atoms with Crippen molar-refractivity contribution >= 4 is 55.4 Å². The van der Waals surface area contributed by atoms with Crippen LogP contribution < -0.4 is 0 Å². The lowest BCUT2D eigenvalue weighted by Crippen LogP contribution is -2.37. The molecule has 0 atom stereocenters. The normalized spacial score (nSPS) is 12.2. The topological polar surface area (TPSA) is 0 Å². The summed E-state index contributed by atoms with van der Waals surface area (Å²) in [5.41, 5.74) is 0. The standard InChI is InChI=1S/C16H8Br2F6S2/c17-9-1-5-11(6-2-9)25-14(13(19)15(20,21)16(22,23)24)26-12-7-3-10(18)4-8-12/h1-8H. The van der Waals surface area contributed by atoms with E-state index in [-0.39, 0.29) is 0 Å². The number of rotatable bonds is 5. The zero-order valence-corrected chi connectivity index (χ0v) is 17.3. The Kier molecular flexibility index (Phi) is 7.20. The minimum absolute atomic E-state index is 0.320. The van der Waals surface area contributed by atoms with Crippen LogP contribution in [0.3, 0.4) is 0 Å². The molecule has 0 nitrogen and oxygen atoms in total. The molecular formula is C16H8Br2F6S2. The molecule has 2 rings (SSSR count). The van der Waals surface area contributed by atoms with Crippen molar-refractivity contribution in [1.29, 1.82) is 0 Å². The SMILES string of the molecule is FC(=C(Sc1ccc(Br)cc1)Sc1ccc(Br)cc1)C(F)(F)C(F)(F)F. The Hall–Kier alpha value is -0.580. The molecule has 0 aliphatic carbocycles. The number of allylic oxidation sites excluding steroid dienone is 1. The Labute approximate surface area is 170 Å². The highest BCUT2D eigenvalue weighted by Crippen LogP contribution is 2.50. The number of thioether (sulfide) groups is 2. The molecule has 26 heavy (non-hydrogen) atoms. The van der Waals surface area contributed by atoms with Crippen LogP contribution >= 0.6 is 55.4 Å². The summed E-state index contributed by atoms with van der Waals surface area (Å²) in [4.78, 5) is 0.641. The summed E-state index contributed by atoms with van der Waals surface area (Å²) >= 11 is 7.38. The average molecular weight is 538 g/mol. The third kappa shape index (κ3) is 5.46. The predicted molar refractivity (Wildman–Crippen MR) is 99.1 cm³/mol. The van der Waals surface area contributed by atoms with Crippen LogP contribution in [0.25, 0.3) is 0 Å². The number of hydrogen-bond acceptors (Lipinski definition) is 2. The largest absolute Gasteiger partial charge is 0.460 e. The zero-order chi connectivity index (χ0) is 19.5. The van der Waals surface area contributed by atoms with Crippen molar-refractivity contribution in [2.45, 2.75) is 21.9 Å². The van der Waals surface area contributed by atoms with E-state index in [0.29, 0.717) is 42.3 Å². The molecule has 0 radical (unpaired) electrons. The van der Waals surface area contributed by atoms with Crippen LogP contribution in [-0.2, 0) is 0 Å². The summed E-state index contributed by atoms with van der Waals surface area (Å²) in [7, 11) is 0. The van der Waals surface area contributed by atoms with Crippen LogP contribution in [0.4, 0.5) is 26.3 Å². The lowest BCUT2D eigenvalue weighted by atomic mass is 10.3. The molecule has 0 aliphatic heterocycles. The van der Waals surface area contributed by atoms with E-state index in [4.69, 9.17) is 0 Å². The van der Waals surface area contributed by atoms with Crippen LogP contribution in [-0.4, -0.2) is 12.1 Å². The summed E-state index contributed by atoms with van der Waals surface area (Å²) in [6, 6.07) is 12.2. The number of hydrogen-bond donors (Lipinski definition) is 0. The van der Waals surface area contributed by atoms with Gasteiger partial charge in [0.1, 0.15) is 0 Å². The van der Waals surface area contributed by atoms with Gasteiger partial charge in [0.15, 0.2) is 5.83 Å². The maximum Gasteiger partial charge on any atom is 0.460 e. The summed E-state index contributed by atoms with van der Waals surface area (Å²) < 4.78 is 79.6. The van der Waals surface area contributed by atoms with Crippen molar-refractivity contribution in [2.75, 3.05) is 0 Å². The van der Waals surface area contributed by atoms with Gasteiger partial charge < -0.3 is 0 Å². The zero-order valence-electron chi connectivity index (χ0n) is 12.5. The minimum atomic E-state index is -6.02. The predicted octanol–water partition coefficient (Wildman–Crippen LogP) is 8.43. The molecule has 0 unspecified atom stereocenters. The van der Waals surface area contributed by atoms with Crippen LogP contribution in [0.2, 0.25) is 0 Å². The fourth-order valence-corrected chi connectivity index (χ4v) is 4.26. The van der Waals surface area contributed by atoms with Crippen LogP contribution in [0.15, 0.2) is 77.3 Å². The Morgan fingerprint density at radius 2 is 1.04 bits per heavy atom. The Bertz CT molecular complexity index is 736. The van der Waals surface area contributed by atoms with Gasteiger partial charge in [-0.05, 0) is 48.5 Å². The Morgan fingerprint density at radius 3 is 1.35 bits per heavy atom. The van der Waals surface area contributed by atoms with Crippen LogP contribution in [0.5, 0.6) is 0 Å². The Morgan fingerprint density at radius 1 is 0.692 bits per heavy atom. The maximum absolute atomic E-state index is 14.2. The first-order valence-electron chi connectivity index (χ1n) is 6.72. The fourth-order valence-electron chi connectivity index (χ4n) is 1.58. The van der Waals surface area contributed by atoms with Crippen molar-refractivity contribution < 1.29 is 26.3 Å². The van der Waals surface area contributed by atoms with E-state index >= 15 is 0 Å². The van der Waals surface area contributed by atoms with Gasteiger partial charge >= 0.3 is 12.1 Å². The highest BCUT2D eigenvalue weighted by atomic mass is 79.9. The van der Waals surface area contributed by atoms with E-state index < -0.39 is 22.2 Å². The summed E-state index contributed by atoms with van der Waals surface area (Å²) in [6.07, 6.45) is -6.02. The quantitative estimate of drug-likeness (QED) is 0.277. The second-order valence-corrected chi connectivity index (χ2v) is 9.04. The number of halogens is 8. The van der Waals surface area contributed by atoms with Gasteiger partial charge in [-0.2, -0.15) is 22.0 Å². The van der Waals surface area contributed by atoms with Crippen LogP contribution in [0, 0.1) is 0 Å². The van der Waals surface area contributed by atoms with E-state index in [0.717, 1.165) is 0 Å². The van der Waals surface area contributed by atoms with Gasteiger partial charge in [-0.25, -0.2) is 4.39 Å². The second-order valence-electron chi connectivity index (χ2n) is 4.79. The van der Waals surface area contributed by atoms with Crippen molar-refractivity contribution in [1.82, 2.24) is 0 Å². The maximum atomic E-state index is 14.2. The molecule has 0 aromatic heterocycles. The van der Waals surface area contributed by atoms with Gasteiger partial charge in [-0.1, -0.05) is 55.4 Å².